The summed E-state index contributed by atoms with van der Waals surface area (Å²) in [5.41, 5.74) is 12.4. The van der Waals surface area contributed by atoms with Gasteiger partial charge in [0.25, 0.3) is 0 Å². The van der Waals surface area contributed by atoms with Crippen molar-refractivity contribution >= 4 is 98.3 Å². The smallest absolute Gasteiger partial charge is 0.144 e. The number of rotatable bonds is 3. The maximum Gasteiger partial charge on any atom is 0.144 e. The van der Waals surface area contributed by atoms with Crippen molar-refractivity contribution in [3.05, 3.63) is 182 Å². The Balaban J connectivity index is 1.12. The van der Waals surface area contributed by atoms with Crippen molar-refractivity contribution in [3.8, 4) is 22.5 Å². The average molecular weight is 715 g/mol. The van der Waals surface area contributed by atoms with E-state index in [-0.39, 0.29) is 0 Å². The van der Waals surface area contributed by atoms with Gasteiger partial charge < -0.3 is 18.0 Å². The molecule has 0 atom stereocenters. The molecule has 4 heterocycles. The van der Waals surface area contributed by atoms with E-state index in [9.17, 15) is 0 Å². The van der Waals surface area contributed by atoms with Crippen LogP contribution >= 0.6 is 0 Å². The van der Waals surface area contributed by atoms with E-state index in [1.54, 1.807) is 0 Å². The lowest BCUT2D eigenvalue weighted by Crippen LogP contribution is -1.93. The summed E-state index contributed by atoms with van der Waals surface area (Å²) in [7, 11) is 0. The zero-order valence-electron chi connectivity index (χ0n) is 30.0. The number of hydrogen-bond acceptors (Lipinski definition) is 2. The third kappa shape index (κ3) is 4.02. The Labute approximate surface area is 319 Å². The molecule has 4 aromatic heterocycles. The van der Waals surface area contributed by atoms with Gasteiger partial charge in [-0.3, -0.25) is 0 Å². The van der Waals surface area contributed by atoms with E-state index in [4.69, 9.17) is 8.83 Å². The van der Waals surface area contributed by atoms with Gasteiger partial charge in [0.1, 0.15) is 22.3 Å². The highest BCUT2D eigenvalue weighted by Crippen LogP contribution is 2.47. The summed E-state index contributed by atoms with van der Waals surface area (Å²) in [5, 5.41) is 11.5. The molecule has 13 aromatic rings. The first-order valence-corrected chi connectivity index (χ1v) is 19.1. The molecule has 4 heteroatoms. The fourth-order valence-electron chi connectivity index (χ4n) is 9.44. The van der Waals surface area contributed by atoms with Crippen LogP contribution in [0.5, 0.6) is 0 Å². The maximum absolute atomic E-state index is 6.99. The van der Waals surface area contributed by atoms with Crippen LogP contribution in [0.3, 0.4) is 0 Å². The Bertz CT molecular complexity index is 3670. The minimum atomic E-state index is 0.833. The molecule has 0 saturated carbocycles. The number of furan rings is 2. The van der Waals surface area contributed by atoms with Gasteiger partial charge in [-0.1, -0.05) is 109 Å². The molecule has 0 unspecified atom stereocenters. The second-order valence-corrected chi connectivity index (χ2v) is 14.9. The first-order chi connectivity index (χ1) is 27.8. The van der Waals surface area contributed by atoms with Crippen molar-refractivity contribution in [1.82, 2.24) is 9.13 Å². The highest BCUT2D eigenvalue weighted by Gasteiger charge is 2.23. The summed E-state index contributed by atoms with van der Waals surface area (Å²) >= 11 is 0. The van der Waals surface area contributed by atoms with Crippen molar-refractivity contribution < 1.29 is 8.83 Å². The standard InChI is InChI=1S/C52H30N2O2/c1-2-12-32-27-33(22-21-31(32)11-1)50-51-42-29-35(54-45-19-9-5-15-38(45)39-16-6-10-20-46(39)54)24-26-48(42)55-49(51)30-41-40-28-34(23-25-47(40)56-52(41)50)53-43-17-7-3-13-36(43)37-14-4-8-18-44(37)53/h1-30H. The lowest BCUT2D eigenvalue weighted by Gasteiger charge is -2.10. The second kappa shape index (κ2) is 11.0. The van der Waals surface area contributed by atoms with Crippen LogP contribution in [0.1, 0.15) is 0 Å². The minimum Gasteiger partial charge on any atom is -0.456 e. The molecule has 4 nitrogen and oxygen atoms in total. The SMILES string of the molecule is c1ccc2cc(-c3c4oc5ccc(-n6c7ccccc7c7ccccc76)cc5c4cc4oc5ccc(-n6c7ccccc7c7ccccc76)cc5c34)ccc2c1. The van der Waals surface area contributed by atoms with Crippen LogP contribution in [-0.2, 0) is 0 Å². The molecule has 0 saturated heterocycles. The van der Waals surface area contributed by atoms with E-state index in [0.717, 1.165) is 66.4 Å². The van der Waals surface area contributed by atoms with Gasteiger partial charge in [0.2, 0.25) is 0 Å². The zero-order chi connectivity index (χ0) is 36.5. The van der Waals surface area contributed by atoms with Crippen molar-refractivity contribution in [2.24, 2.45) is 0 Å². The van der Waals surface area contributed by atoms with E-state index in [2.05, 4.69) is 191 Å². The average Bonchev–Trinajstić information content (AvgIpc) is 4.00. The first kappa shape index (κ1) is 29.8. The molecule has 56 heavy (non-hydrogen) atoms. The second-order valence-electron chi connectivity index (χ2n) is 14.9. The molecule has 0 aliphatic heterocycles. The minimum absolute atomic E-state index is 0.833. The number of nitrogens with zero attached hydrogens (tertiary/aromatic N) is 2. The molecule has 13 rings (SSSR count). The van der Waals surface area contributed by atoms with Crippen molar-refractivity contribution in [2.45, 2.75) is 0 Å². The largest absolute Gasteiger partial charge is 0.456 e. The number of benzene rings is 9. The lowest BCUT2D eigenvalue weighted by atomic mass is 9.94. The van der Waals surface area contributed by atoms with Crippen LogP contribution in [-0.4, -0.2) is 9.13 Å². The summed E-state index contributed by atoms with van der Waals surface area (Å²) in [6.45, 7) is 0. The van der Waals surface area contributed by atoms with Gasteiger partial charge in [0, 0.05) is 60.0 Å². The molecule has 0 aliphatic rings. The lowest BCUT2D eigenvalue weighted by molar-refractivity contribution is 0.664. The van der Waals surface area contributed by atoms with E-state index >= 15 is 0 Å². The zero-order valence-corrected chi connectivity index (χ0v) is 30.0. The maximum atomic E-state index is 6.99. The van der Waals surface area contributed by atoms with Crippen molar-refractivity contribution in [3.63, 3.8) is 0 Å². The molecule has 0 aliphatic carbocycles. The van der Waals surface area contributed by atoms with Gasteiger partial charge in [-0.25, -0.2) is 0 Å². The predicted octanol–water partition coefficient (Wildman–Crippen LogP) is 14.5. The molecule has 0 radical (unpaired) electrons. The number of fused-ring (bicyclic) bond motifs is 13. The number of aromatic nitrogens is 2. The van der Waals surface area contributed by atoms with Gasteiger partial charge >= 0.3 is 0 Å². The Morgan fingerprint density at radius 2 is 0.821 bits per heavy atom. The highest BCUT2D eigenvalue weighted by molar-refractivity contribution is 6.24. The van der Waals surface area contributed by atoms with E-state index in [0.29, 0.717) is 0 Å². The van der Waals surface area contributed by atoms with Crippen LogP contribution in [0.4, 0.5) is 0 Å². The van der Waals surface area contributed by atoms with Gasteiger partial charge in [-0.05, 0) is 89.1 Å². The summed E-state index contributed by atoms with van der Waals surface area (Å²) in [6, 6.07) is 65.2. The van der Waals surface area contributed by atoms with Crippen LogP contribution in [0.15, 0.2) is 191 Å². The van der Waals surface area contributed by atoms with E-state index in [1.165, 1.54) is 54.4 Å². The quantitative estimate of drug-likeness (QED) is 0.183. The van der Waals surface area contributed by atoms with Gasteiger partial charge in [-0.15, -0.1) is 0 Å². The molecule has 0 N–H and O–H groups in total. The topological polar surface area (TPSA) is 36.1 Å². The summed E-state index contributed by atoms with van der Waals surface area (Å²) in [4.78, 5) is 0. The summed E-state index contributed by atoms with van der Waals surface area (Å²) in [5.74, 6) is 0. The van der Waals surface area contributed by atoms with Crippen LogP contribution in [0.25, 0.3) is 121 Å². The van der Waals surface area contributed by atoms with E-state index < -0.39 is 0 Å². The fourth-order valence-corrected chi connectivity index (χ4v) is 9.44. The molecule has 260 valence electrons. The third-order valence-corrected chi connectivity index (χ3v) is 11.9. The third-order valence-electron chi connectivity index (χ3n) is 11.9. The van der Waals surface area contributed by atoms with Gasteiger partial charge in [-0.2, -0.15) is 0 Å². The van der Waals surface area contributed by atoms with Crippen molar-refractivity contribution in [1.29, 1.82) is 0 Å². The Morgan fingerprint density at radius 3 is 1.41 bits per heavy atom. The molecule has 0 amide bonds. The highest BCUT2D eigenvalue weighted by atomic mass is 16.3. The van der Waals surface area contributed by atoms with E-state index in [1.807, 2.05) is 0 Å². The fraction of sp³-hybridized carbons (Fsp3) is 0. The predicted molar refractivity (Wildman–Crippen MR) is 233 cm³/mol. The molecule has 9 aromatic carbocycles. The van der Waals surface area contributed by atoms with Crippen LogP contribution in [0.2, 0.25) is 0 Å². The first-order valence-electron chi connectivity index (χ1n) is 19.1. The van der Waals surface area contributed by atoms with Crippen LogP contribution in [0, 0.1) is 0 Å². The Morgan fingerprint density at radius 1 is 0.321 bits per heavy atom. The normalized spacial score (nSPS) is 12.3. The molecule has 0 bridgehead atoms. The summed E-state index contributed by atoms with van der Waals surface area (Å²) in [6.07, 6.45) is 0. The molecule has 0 fully saturated rings. The molecular formula is C52H30N2O2. The molecular weight excluding hydrogens is 685 g/mol. The van der Waals surface area contributed by atoms with Crippen LogP contribution < -0.4 is 0 Å². The number of hydrogen-bond donors (Lipinski definition) is 0. The Hall–Kier alpha value is -7.56. The molecule has 0 spiro atoms. The summed E-state index contributed by atoms with van der Waals surface area (Å²) < 4.78 is 18.6. The van der Waals surface area contributed by atoms with Crippen molar-refractivity contribution in [2.75, 3.05) is 0 Å². The monoisotopic (exact) mass is 714 g/mol. The van der Waals surface area contributed by atoms with Gasteiger partial charge in [0.05, 0.1) is 22.1 Å². The Kier molecular flexibility index (Phi) is 5.86. The van der Waals surface area contributed by atoms with Gasteiger partial charge in [0.15, 0.2) is 0 Å². The number of para-hydroxylation sites is 4.